The average molecular weight is 352 g/mol. The fraction of sp³-hybridized carbons (Fsp3) is 0.950. The Labute approximate surface area is 150 Å². The van der Waals surface area contributed by atoms with Gasteiger partial charge in [-0.15, -0.1) is 0 Å². The fourth-order valence-electron chi connectivity index (χ4n) is 5.26. The number of rotatable bonds is 10. The Morgan fingerprint density at radius 3 is 2.32 bits per heavy atom. The summed E-state index contributed by atoms with van der Waals surface area (Å²) in [5.74, 6) is 0.380. The van der Waals surface area contributed by atoms with Crippen molar-refractivity contribution >= 4 is 5.97 Å². The molecular formula is C20H32O5. The molecule has 1 N–H and O–H groups in total. The van der Waals surface area contributed by atoms with Gasteiger partial charge in [0, 0.05) is 12.3 Å². The van der Waals surface area contributed by atoms with Gasteiger partial charge in [-0.1, -0.05) is 38.5 Å². The topological polar surface area (TPSA) is 68.3 Å². The second-order valence-electron chi connectivity index (χ2n) is 8.40. The van der Waals surface area contributed by atoms with E-state index < -0.39 is 5.97 Å². The summed E-state index contributed by atoms with van der Waals surface area (Å²) in [4.78, 5) is 10.6. The van der Waals surface area contributed by atoms with Crippen molar-refractivity contribution in [2.24, 2.45) is 11.8 Å². The first kappa shape index (κ1) is 17.7. The first-order chi connectivity index (χ1) is 12.2. The van der Waals surface area contributed by atoms with Crippen molar-refractivity contribution in [2.45, 2.75) is 101 Å². The number of aliphatic carboxylic acids is 1. The standard InChI is InChI=1S/C20H32O5/c21-16(22)11-7-2-1-6-10-14-15(12-23-13-8-4-3-5-9-13)18-20-19(25-20)17(14)24-18/h13-15,17-20H,1-12H2,(H,21,22). The molecule has 1 saturated carbocycles. The zero-order valence-corrected chi connectivity index (χ0v) is 15.1. The summed E-state index contributed by atoms with van der Waals surface area (Å²) >= 11 is 0. The molecule has 0 radical (unpaired) electrons. The number of ether oxygens (including phenoxy) is 3. The lowest BCUT2D eigenvalue weighted by Crippen LogP contribution is -2.37. The zero-order chi connectivity index (χ0) is 17.2. The number of carbonyl (C=O) groups is 1. The molecule has 3 saturated heterocycles. The fourth-order valence-corrected chi connectivity index (χ4v) is 5.26. The van der Waals surface area contributed by atoms with E-state index in [9.17, 15) is 4.79 Å². The normalized spacial score (nSPS) is 39.5. The molecule has 6 unspecified atom stereocenters. The Hall–Kier alpha value is -0.650. The van der Waals surface area contributed by atoms with E-state index in [0.29, 0.717) is 36.6 Å². The lowest BCUT2D eigenvalue weighted by Gasteiger charge is -2.29. The Morgan fingerprint density at radius 1 is 0.880 bits per heavy atom. The van der Waals surface area contributed by atoms with Gasteiger partial charge in [-0.2, -0.15) is 0 Å². The van der Waals surface area contributed by atoms with Crippen LogP contribution < -0.4 is 0 Å². The molecule has 25 heavy (non-hydrogen) atoms. The highest BCUT2D eigenvalue weighted by molar-refractivity contribution is 5.66. The smallest absolute Gasteiger partial charge is 0.303 e. The Balaban J connectivity index is 1.22. The molecule has 3 aliphatic heterocycles. The molecule has 4 aliphatic rings. The van der Waals surface area contributed by atoms with Crippen molar-refractivity contribution in [2.75, 3.05) is 6.61 Å². The molecule has 142 valence electrons. The van der Waals surface area contributed by atoms with Crippen LogP contribution in [-0.2, 0) is 19.0 Å². The van der Waals surface area contributed by atoms with Crippen LogP contribution in [0.5, 0.6) is 0 Å². The summed E-state index contributed by atoms with van der Waals surface area (Å²) in [6, 6.07) is 0. The Morgan fingerprint density at radius 2 is 1.56 bits per heavy atom. The maximum atomic E-state index is 10.6. The van der Waals surface area contributed by atoms with Gasteiger partial charge in [0.2, 0.25) is 0 Å². The van der Waals surface area contributed by atoms with Crippen LogP contribution in [0.15, 0.2) is 0 Å². The molecule has 0 aromatic heterocycles. The predicted octanol–water partition coefficient (Wildman–Crippen LogP) is 3.54. The number of fused-ring (bicyclic) bond motifs is 5. The monoisotopic (exact) mass is 352 g/mol. The maximum Gasteiger partial charge on any atom is 0.303 e. The largest absolute Gasteiger partial charge is 0.481 e. The van der Waals surface area contributed by atoms with Gasteiger partial charge in [0.15, 0.2) is 0 Å². The van der Waals surface area contributed by atoms with Gasteiger partial charge in [-0.05, 0) is 31.6 Å². The average Bonchev–Trinajstić information content (AvgIpc) is 3.24. The summed E-state index contributed by atoms with van der Waals surface area (Å²) in [6.07, 6.45) is 13.7. The van der Waals surface area contributed by atoms with Gasteiger partial charge in [0.1, 0.15) is 12.2 Å². The molecule has 4 rings (SSSR count). The van der Waals surface area contributed by atoms with Gasteiger partial charge in [0.05, 0.1) is 24.9 Å². The molecule has 3 heterocycles. The SMILES string of the molecule is O=C(O)CCCCCCC1C(COC2CCCCC2)C2OC1C1OC21. The van der Waals surface area contributed by atoms with E-state index in [1.54, 1.807) is 0 Å². The van der Waals surface area contributed by atoms with Gasteiger partial charge in [-0.3, -0.25) is 4.79 Å². The first-order valence-electron chi connectivity index (χ1n) is 10.4. The molecule has 0 aromatic rings. The molecule has 0 spiro atoms. The number of carboxylic acids is 1. The molecule has 6 atom stereocenters. The quantitative estimate of drug-likeness (QED) is 0.481. The van der Waals surface area contributed by atoms with E-state index in [1.165, 1.54) is 38.5 Å². The highest BCUT2D eigenvalue weighted by atomic mass is 16.7. The first-order valence-corrected chi connectivity index (χ1v) is 10.4. The van der Waals surface area contributed by atoms with E-state index in [4.69, 9.17) is 19.3 Å². The maximum absolute atomic E-state index is 10.6. The van der Waals surface area contributed by atoms with Crippen molar-refractivity contribution in [3.63, 3.8) is 0 Å². The molecule has 0 aromatic carbocycles. The molecule has 0 amide bonds. The minimum atomic E-state index is -0.682. The van der Waals surface area contributed by atoms with Crippen molar-refractivity contribution < 1.29 is 24.1 Å². The third-order valence-electron chi connectivity index (χ3n) is 6.67. The molecule has 5 heteroatoms. The number of epoxide rings is 1. The van der Waals surface area contributed by atoms with Crippen molar-refractivity contribution in [3.8, 4) is 0 Å². The molecule has 2 bridgehead atoms. The minimum absolute atomic E-state index is 0.260. The second kappa shape index (κ2) is 7.93. The van der Waals surface area contributed by atoms with Gasteiger partial charge < -0.3 is 19.3 Å². The lowest BCUT2D eigenvalue weighted by molar-refractivity contribution is -0.137. The van der Waals surface area contributed by atoms with Crippen LogP contribution in [-0.4, -0.2) is 48.2 Å². The van der Waals surface area contributed by atoms with Crippen LogP contribution in [0.4, 0.5) is 0 Å². The lowest BCUT2D eigenvalue weighted by atomic mass is 9.77. The number of hydrogen-bond donors (Lipinski definition) is 1. The van der Waals surface area contributed by atoms with Crippen molar-refractivity contribution in [3.05, 3.63) is 0 Å². The Kier molecular flexibility index (Phi) is 5.63. The van der Waals surface area contributed by atoms with Gasteiger partial charge in [0.25, 0.3) is 0 Å². The molecule has 5 nitrogen and oxygen atoms in total. The Bertz CT molecular complexity index is 461. The van der Waals surface area contributed by atoms with E-state index in [2.05, 4.69) is 0 Å². The predicted molar refractivity (Wildman–Crippen MR) is 92.5 cm³/mol. The van der Waals surface area contributed by atoms with Crippen molar-refractivity contribution in [1.82, 2.24) is 0 Å². The number of hydrogen-bond acceptors (Lipinski definition) is 4. The van der Waals surface area contributed by atoms with Crippen LogP contribution >= 0.6 is 0 Å². The van der Waals surface area contributed by atoms with Gasteiger partial charge >= 0.3 is 5.97 Å². The highest BCUT2D eigenvalue weighted by Gasteiger charge is 2.68. The van der Waals surface area contributed by atoms with Gasteiger partial charge in [-0.25, -0.2) is 0 Å². The van der Waals surface area contributed by atoms with Crippen LogP contribution in [0.3, 0.4) is 0 Å². The van der Waals surface area contributed by atoms with E-state index in [1.807, 2.05) is 0 Å². The minimum Gasteiger partial charge on any atom is -0.481 e. The summed E-state index contributed by atoms with van der Waals surface area (Å²) in [5, 5.41) is 8.70. The van der Waals surface area contributed by atoms with Crippen molar-refractivity contribution in [1.29, 1.82) is 0 Å². The second-order valence-corrected chi connectivity index (χ2v) is 8.40. The third kappa shape index (κ3) is 4.04. The van der Waals surface area contributed by atoms with E-state index >= 15 is 0 Å². The summed E-state index contributed by atoms with van der Waals surface area (Å²) < 4.78 is 18.3. The summed E-state index contributed by atoms with van der Waals surface area (Å²) in [5.41, 5.74) is 0. The van der Waals surface area contributed by atoms with Crippen LogP contribution in [0, 0.1) is 11.8 Å². The zero-order valence-electron chi connectivity index (χ0n) is 15.1. The third-order valence-corrected chi connectivity index (χ3v) is 6.67. The highest BCUT2D eigenvalue weighted by Crippen LogP contribution is 2.55. The summed E-state index contributed by atoms with van der Waals surface area (Å²) in [7, 11) is 0. The van der Waals surface area contributed by atoms with Crippen LogP contribution in [0.25, 0.3) is 0 Å². The van der Waals surface area contributed by atoms with Crippen LogP contribution in [0.1, 0.15) is 70.6 Å². The van der Waals surface area contributed by atoms with E-state index in [-0.39, 0.29) is 12.2 Å². The van der Waals surface area contributed by atoms with Crippen LogP contribution in [0.2, 0.25) is 0 Å². The molecule has 1 aliphatic carbocycles. The van der Waals surface area contributed by atoms with E-state index in [0.717, 1.165) is 32.3 Å². The molecule has 4 fully saturated rings. The molecular weight excluding hydrogens is 320 g/mol. The number of carboxylic acid groups (broad SMARTS) is 1. The summed E-state index contributed by atoms with van der Waals surface area (Å²) in [6.45, 7) is 0.835. The number of unbranched alkanes of at least 4 members (excludes halogenated alkanes) is 3.